The van der Waals surface area contributed by atoms with Gasteiger partial charge in [0.15, 0.2) is 0 Å². The molecule has 1 heterocycles. The first-order chi connectivity index (χ1) is 6.50. The Kier molecular flexibility index (Phi) is 3.24. The third-order valence-electron chi connectivity index (χ3n) is 2.02. The molecule has 1 aliphatic rings. The molecule has 0 aromatic carbocycles. The summed E-state index contributed by atoms with van der Waals surface area (Å²) in [6.45, 7) is 0. The van der Waals surface area contributed by atoms with E-state index in [1.54, 1.807) is 0 Å². The van der Waals surface area contributed by atoms with Crippen molar-refractivity contribution in [1.29, 1.82) is 0 Å². The molecule has 75 valence electrons. The van der Waals surface area contributed by atoms with E-state index in [4.69, 9.17) is 10.8 Å². The van der Waals surface area contributed by atoms with Crippen LogP contribution in [0.1, 0.15) is 12.8 Å². The number of hydrogen-bond donors (Lipinski definition) is 3. The summed E-state index contributed by atoms with van der Waals surface area (Å²) in [7, 11) is 1.42. The van der Waals surface area contributed by atoms with Crippen molar-refractivity contribution in [3.63, 3.8) is 0 Å². The molecule has 0 aromatic heterocycles. The monoisotopic (exact) mass is 197 g/mol. The second kappa shape index (κ2) is 4.23. The van der Waals surface area contributed by atoms with Gasteiger partial charge in [-0.2, -0.15) is 0 Å². The Morgan fingerprint density at radius 3 is 2.86 bits per heavy atom. The van der Waals surface area contributed by atoms with Crippen LogP contribution in [0.3, 0.4) is 0 Å². The fraction of sp³-hybridized carbons (Fsp3) is 0.571. The first kappa shape index (κ1) is 10.7. The Morgan fingerprint density at radius 1 is 1.71 bits per heavy atom. The average Bonchev–Trinajstić information content (AvgIpc) is 2.11. The van der Waals surface area contributed by atoms with Gasteiger partial charge in [0.2, 0.25) is 5.78 Å². The maximum Gasteiger partial charge on any atom is 0.320 e. The van der Waals surface area contributed by atoms with E-state index in [1.807, 2.05) is 0 Å². The molecule has 2 unspecified atom stereocenters. The van der Waals surface area contributed by atoms with Crippen LogP contribution in [-0.2, 0) is 14.4 Å². The first-order valence-corrected chi connectivity index (χ1v) is 4.16. The highest BCUT2D eigenvalue weighted by molar-refractivity contribution is 6.53. The first-order valence-electron chi connectivity index (χ1n) is 4.16. The predicted molar refractivity (Wildman–Crippen MR) is 47.5 cm³/mol. The molecule has 7 heteroatoms. The van der Waals surface area contributed by atoms with Crippen molar-refractivity contribution in [2.45, 2.75) is 24.7 Å². The minimum absolute atomic E-state index is 0.0345. The Balaban J connectivity index is 2.44. The van der Waals surface area contributed by atoms with Gasteiger partial charge in [-0.3, -0.25) is 14.4 Å². The molecule has 1 radical (unpaired) electrons. The van der Waals surface area contributed by atoms with Crippen LogP contribution in [0.4, 0.5) is 0 Å². The third kappa shape index (κ3) is 2.56. The summed E-state index contributed by atoms with van der Waals surface area (Å²) in [4.78, 5) is 32.1. The Hall–Kier alpha value is -1.37. The highest BCUT2D eigenvalue weighted by atomic mass is 16.4. The fourth-order valence-electron chi connectivity index (χ4n) is 1.24. The summed E-state index contributed by atoms with van der Waals surface area (Å²) in [5.41, 5.74) is 5.28. The van der Waals surface area contributed by atoms with Gasteiger partial charge in [-0.05, 0) is 12.2 Å². The van der Waals surface area contributed by atoms with Gasteiger partial charge in [0.25, 0.3) is 13.3 Å². The normalized spacial score (nSPS) is 23.6. The van der Waals surface area contributed by atoms with Crippen molar-refractivity contribution < 1.29 is 19.5 Å². The lowest BCUT2D eigenvalue weighted by molar-refractivity contribution is -0.139. The molecular weight excluding hydrogens is 187 g/mol. The quantitative estimate of drug-likeness (QED) is 0.368. The molecule has 6 nitrogen and oxygen atoms in total. The average molecular weight is 197 g/mol. The van der Waals surface area contributed by atoms with E-state index in [2.05, 4.69) is 5.23 Å². The molecule has 1 aliphatic heterocycles. The number of amides is 1. The maximum atomic E-state index is 10.9. The molecule has 1 rings (SSSR count). The summed E-state index contributed by atoms with van der Waals surface area (Å²) in [5, 5.41) is 10.8. The second-order valence-electron chi connectivity index (χ2n) is 3.21. The Morgan fingerprint density at radius 2 is 2.36 bits per heavy atom. The van der Waals surface area contributed by atoms with Gasteiger partial charge >= 0.3 is 5.97 Å². The van der Waals surface area contributed by atoms with Gasteiger partial charge in [-0.25, -0.2) is 0 Å². The van der Waals surface area contributed by atoms with Crippen LogP contribution >= 0.6 is 0 Å². The summed E-state index contributed by atoms with van der Waals surface area (Å²) in [6, 6.07) is -1.00. The zero-order valence-corrected chi connectivity index (χ0v) is 7.40. The molecule has 0 spiro atoms. The van der Waals surface area contributed by atoms with Crippen LogP contribution in [0, 0.1) is 0 Å². The molecule has 0 aromatic rings. The largest absolute Gasteiger partial charge is 0.480 e. The van der Waals surface area contributed by atoms with Gasteiger partial charge in [-0.1, -0.05) is 0 Å². The molecular formula is C7H10BN2O4. The van der Waals surface area contributed by atoms with Crippen LogP contribution in [0.15, 0.2) is 0 Å². The number of rotatable bonds is 3. The number of aliphatic carboxylic acids is 1. The SMILES string of the molecule is NC(CC1[B]NC(=O)C(=O)C1)C(=O)O. The van der Waals surface area contributed by atoms with Crippen molar-refractivity contribution in [3.8, 4) is 0 Å². The Labute approximate surface area is 81.1 Å². The smallest absolute Gasteiger partial charge is 0.320 e. The van der Waals surface area contributed by atoms with Crippen LogP contribution < -0.4 is 11.0 Å². The van der Waals surface area contributed by atoms with E-state index in [0.29, 0.717) is 0 Å². The topological polar surface area (TPSA) is 109 Å². The predicted octanol–water partition coefficient (Wildman–Crippen LogP) is -1.71. The van der Waals surface area contributed by atoms with E-state index in [1.165, 1.54) is 7.41 Å². The zero-order valence-electron chi connectivity index (χ0n) is 7.40. The lowest BCUT2D eigenvalue weighted by Crippen LogP contribution is -2.44. The van der Waals surface area contributed by atoms with Crippen molar-refractivity contribution in [1.82, 2.24) is 5.23 Å². The van der Waals surface area contributed by atoms with Crippen molar-refractivity contribution in [2.75, 3.05) is 0 Å². The summed E-state index contributed by atoms with van der Waals surface area (Å²) in [5.74, 6) is -2.57. The van der Waals surface area contributed by atoms with Crippen molar-refractivity contribution >= 4 is 25.1 Å². The minimum Gasteiger partial charge on any atom is -0.480 e. The Bertz CT molecular complexity index is 281. The van der Waals surface area contributed by atoms with E-state index in [-0.39, 0.29) is 18.7 Å². The maximum absolute atomic E-state index is 10.9. The van der Waals surface area contributed by atoms with Crippen LogP contribution in [0.5, 0.6) is 0 Å². The molecule has 2 atom stereocenters. The van der Waals surface area contributed by atoms with Gasteiger partial charge in [0.05, 0.1) is 0 Å². The molecule has 14 heavy (non-hydrogen) atoms. The van der Waals surface area contributed by atoms with E-state index in [0.717, 1.165) is 0 Å². The highest BCUT2D eigenvalue weighted by Gasteiger charge is 2.29. The lowest BCUT2D eigenvalue weighted by atomic mass is 9.66. The highest BCUT2D eigenvalue weighted by Crippen LogP contribution is 2.18. The van der Waals surface area contributed by atoms with E-state index < -0.39 is 23.7 Å². The summed E-state index contributed by atoms with van der Waals surface area (Å²) < 4.78 is 0. The van der Waals surface area contributed by atoms with Crippen molar-refractivity contribution in [2.24, 2.45) is 5.73 Å². The van der Waals surface area contributed by atoms with E-state index >= 15 is 0 Å². The number of carboxylic acids is 1. The number of hydrogen-bond acceptors (Lipinski definition) is 4. The third-order valence-corrected chi connectivity index (χ3v) is 2.02. The number of carboxylic acid groups (broad SMARTS) is 1. The van der Waals surface area contributed by atoms with Crippen LogP contribution in [-0.4, -0.2) is 36.2 Å². The number of carbonyl (C=O) groups is 3. The summed E-state index contributed by atoms with van der Waals surface area (Å²) in [6.07, 6.45) is 0.189. The van der Waals surface area contributed by atoms with E-state index in [9.17, 15) is 14.4 Å². The molecule has 0 saturated carbocycles. The molecule has 1 saturated heterocycles. The number of ketones is 1. The van der Waals surface area contributed by atoms with Crippen LogP contribution in [0.2, 0.25) is 5.82 Å². The molecule has 1 amide bonds. The molecule has 0 bridgehead atoms. The minimum atomic E-state index is -1.11. The molecule has 0 aliphatic carbocycles. The van der Waals surface area contributed by atoms with Gasteiger partial charge in [-0.15, -0.1) is 0 Å². The molecule has 1 fully saturated rings. The van der Waals surface area contributed by atoms with Gasteiger partial charge < -0.3 is 16.1 Å². The standard InChI is InChI=1S/C7H10BN2O4/c9-4(7(13)14)1-3-2-5(11)6(12)10-8-3/h3-4H,1-2,9H2,(H,10,12)(H,13,14). The number of carbonyl (C=O) groups excluding carboxylic acids is 2. The van der Waals surface area contributed by atoms with Crippen molar-refractivity contribution in [3.05, 3.63) is 0 Å². The summed E-state index contributed by atoms with van der Waals surface area (Å²) >= 11 is 0. The van der Waals surface area contributed by atoms with Crippen LogP contribution in [0.25, 0.3) is 0 Å². The zero-order chi connectivity index (χ0) is 10.7. The van der Waals surface area contributed by atoms with Gasteiger partial charge in [0, 0.05) is 6.42 Å². The number of nitrogens with one attached hydrogen (secondary N) is 1. The fourth-order valence-corrected chi connectivity index (χ4v) is 1.24. The number of Topliss-reactive ketones (excluding diaryl/α,β-unsaturated/α-hetero) is 1. The second-order valence-corrected chi connectivity index (χ2v) is 3.21. The van der Waals surface area contributed by atoms with Gasteiger partial charge in [0.1, 0.15) is 6.04 Å². The lowest BCUT2D eigenvalue weighted by Gasteiger charge is -2.21. The molecule has 4 N–H and O–H groups in total. The number of nitrogens with two attached hydrogens (primary N) is 1.